The van der Waals surface area contributed by atoms with Crippen LogP contribution in [-0.4, -0.2) is 16.1 Å². The summed E-state index contributed by atoms with van der Waals surface area (Å²) in [6, 6.07) is 17.8. The van der Waals surface area contributed by atoms with E-state index in [0.717, 1.165) is 20.8 Å². The van der Waals surface area contributed by atoms with Crippen LogP contribution in [0.5, 0.6) is 0 Å². The zero-order valence-electron chi connectivity index (χ0n) is 13.9. The molecule has 5 nitrogen and oxygen atoms in total. The predicted molar refractivity (Wildman–Crippen MR) is 105 cm³/mol. The SMILES string of the molecule is CC(=O)Nc1cccc(Nc2nnc(S[C@@H](C)c3ccccc3)s2)c1. The largest absolute Gasteiger partial charge is 0.330 e. The Labute approximate surface area is 154 Å². The topological polar surface area (TPSA) is 66.9 Å². The fraction of sp³-hybridized carbons (Fsp3) is 0.167. The molecule has 0 aliphatic rings. The van der Waals surface area contributed by atoms with Crippen LogP contribution >= 0.6 is 23.1 Å². The van der Waals surface area contributed by atoms with Crippen LogP contribution in [0.2, 0.25) is 0 Å². The first-order valence-corrected chi connectivity index (χ1v) is 9.49. The normalized spacial score (nSPS) is 11.8. The average Bonchev–Trinajstić information content (AvgIpc) is 3.02. The van der Waals surface area contributed by atoms with E-state index in [2.05, 4.69) is 39.9 Å². The van der Waals surface area contributed by atoms with Crippen LogP contribution in [-0.2, 0) is 4.79 Å². The maximum absolute atomic E-state index is 11.2. The number of nitrogens with zero attached hydrogens (tertiary/aromatic N) is 2. The Morgan fingerprint density at radius 2 is 1.84 bits per heavy atom. The van der Waals surface area contributed by atoms with Crippen LogP contribution in [0.15, 0.2) is 58.9 Å². The van der Waals surface area contributed by atoms with Crippen LogP contribution in [0.25, 0.3) is 0 Å². The number of aromatic nitrogens is 2. The van der Waals surface area contributed by atoms with E-state index in [1.807, 2.05) is 42.5 Å². The van der Waals surface area contributed by atoms with Gasteiger partial charge in [0.15, 0.2) is 4.34 Å². The summed E-state index contributed by atoms with van der Waals surface area (Å²) in [5.74, 6) is -0.0957. The van der Waals surface area contributed by atoms with E-state index in [4.69, 9.17) is 0 Å². The third-order valence-corrected chi connectivity index (χ3v) is 5.47. The molecule has 0 bridgehead atoms. The lowest BCUT2D eigenvalue weighted by atomic mass is 10.2. The highest BCUT2D eigenvalue weighted by molar-refractivity contribution is 8.01. The molecule has 128 valence electrons. The van der Waals surface area contributed by atoms with Crippen molar-refractivity contribution in [1.82, 2.24) is 10.2 Å². The molecule has 0 saturated carbocycles. The van der Waals surface area contributed by atoms with E-state index < -0.39 is 0 Å². The van der Waals surface area contributed by atoms with E-state index in [0.29, 0.717) is 5.25 Å². The molecule has 3 aromatic rings. The van der Waals surface area contributed by atoms with Gasteiger partial charge in [-0.25, -0.2) is 0 Å². The van der Waals surface area contributed by atoms with E-state index in [1.54, 1.807) is 11.8 Å². The van der Waals surface area contributed by atoms with Crippen molar-refractivity contribution < 1.29 is 4.79 Å². The summed E-state index contributed by atoms with van der Waals surface area (Å²) in [7, 11) is 0. The first-order valence-electron chi connectivity index (χ1n) is 7.80. The summed E-state index contributed by atoms with van der Waals surface area (Å²) in [5, 5.41) is 15.5. The summed E-state index contributed by atoms with van der Waals surface area (Å²) in [6.07, 6.45) is 0. The predicted octanol–water partition coefficient (Wildman–Crippen LogP) is 5.09. The van der Waals surface area contributed by atoms with E-state index in [1.165, 1.54) is 23.8 Å². The number of anilines is 3. The second kappa shape index (κ2) is 8.13. The molecule has 25 heavy (non-hydrogen) atoms. The molecule has 3 rings (SSSR count). The van der Waals surface area contributed by atoms with Gasteiger partial charge in [0.25, 0.3) is 0 Å². The standard InChI is InChI=1S/C18H18N4OS2/c1-12(14-7-4-3-5-8-14)24-18-22-21-17(25-18)20-16-10-6-9-15(11-16)19-13(2)23/h3-12H,1-2H3,(H,19,23)(H,20,21)/t12-/m0/s1. The minimum atomic E-state index is -0.0957. The molecule has 2 aromatic carbocycles. The molecule has 2 N–H and O–H groups in total. The lowest BCUT2D eigenvalue weighted by Crippen LogP contribution is -2.05. The summed E-state index contributed by atoms with van der Waals surface area (Å²) in [6.45, 7) is 3.65. The Hall–Kier alpha value is -2.38. The highest BCUT2D eigenvalue weighted by atomic mass is 32.2. The summed E-state index contributed by atoms with van der Waals surface area (Å²) >= 11 is 3.20. The second-order valence-electron chi connectivity index (χ2n) is 5.43. The summed E-state index contributed by atoms with van der Waals surface area (Å²) in [4.78, 5) is 11.2. The Kier molecular flexibility index (Phi) is 5.67. The minimum Gasteiger partial charge on any atom is -0.330 e. The first-order chi connectivity index (χ1) is 12.1. The molecule has 0 radical (unpaired) electrons. The van der Waals surface area contributed by atoms with Crippen molar-refractivity contribution in [1.29, 1.82) is 0 Å². The Morgan fingerprint density at radius 3 is 2.60 bits per heavy atom. The van der Waals surface area contributed by atoms with Gasteiger partial charge in [0.2, 0.25) is 11.0 Å². The number of hydrogen-bond donors (Lipinski definition) is 2. The van der Waals surface area contributed by atoms with Gasteiger partial charge < -0.3 is 10.6 Å². The average molecular weight is 371 g/mol. The van der Waals surface area contributed by atoms with Gasteiger partial charge in [-0.3, -0.25) is 4.79 Å². The van der Waals surface area contributed by atoms with Crippen molar-refractivity contribution >= 4 is 45.5 Å². The maximum Gasteiger partial charge on any atom is 0.221 e. The monoisotopic (exact) mass is 370 g/mol. The number of hydrogen-bond acceptors (Lipinski definition) is 6. The number of amides is 1. The first kappa shape index (κ1) is 17.4. The summed E-state index contributed by atoms with van der Waals surface area (Å²) in [5.41, 5.74) is 2.87. The molecule has 1 aromatic heterocycles. The molecular weight excluding hydrogens is 352 g/mol. The number of carbonyl (C=O) groups excluding carboxylic acids is 1. The number of nitrogens with one attached hydrogen (secondary N) is 2. The van der Waals surface area contributed by atoms with Gasteiger partial charge in [0, 0.05) is 23.5 Å². The lowest BCUT2D eigenvalue weighted by Gasteiger charge is -2.08. The molecule has 0 aliphatic carbocycles. The molecule has 0 saturated heterocycles. The highest BCUT2D eigenvalue weighted by Gasteiger charge is 2.11. The molecular formula is C18H18N4OS2. The number of thioether (sulfide) groups is 1. The maximum atomic E-state index is 11.2. The van der Waals surface area contributed by atoms with Crippen molar-refractivity contribution in [2.24, 2.45) is 0 Å². The van der Waals surface area contributed by atoms with Gasteiger partial charge in [-0.05, 0) is 30.7 Å². The summed E-state index contributed by atoms with van der Waals surface area (Å²) < 4.78 is 0.914. The molecule has 1 amide bonds. The Morgan fingerprint density at radius 1 is 1.08 bits per heavy atom. The number of benzene rings is 2. The van der Waals surface area contributed by atoms with Crippen LogP contribution in [0.1, 0.15) is 24.7 Å². The third kappa shape index (κ3) is 5.04. The molecule has 0 unspecified atom stereocenters. The molecule has 1 heterocycles. The molecule has 0 fully saturated rings. The van der Waals surface area contributed by atoms with Crippen molar-refractivity contribution in [2.45, 2.75) is 23.4 Å². The molecule has 0 aliphatic heterocycles. The van der Waals surface area contributed by atoms with E-state index in [-0.39, 0.29) is 5.91 Å². The van der Waals surface area contributed by atoms with Gasteiger partial charge >= 0.3 is 0 Å². The fourth-order valence-electron chi connectivity index (χ4n) is 2.25. The number of rotatable bonds is 6. The van der Waals surface area contributed by atoms with Crippen LogP contribution < -0.4 is 10.6 Å². The van der Waals surface area contributed by atoms with Gasteiger partial charge in [-0.15, -0.1) is 10.2 Å². The van der Waals surface area contributed by atoms with Gasteiger partial charge in [0.05, 0.1) is 0 Å². The van der Waals surface area contributed by atoms with Crippen LogP contribution in [0.4, 0.5) is 16.5 Å². The molecule has 7 heteroatoms. The zero-order valence-corrected chi connectivity index (χ0v) is 15.5. The Bertz CT molecular complexity index is 851. The molecule has 0 spiro atoms. The smallest absolute Gasteiger partial charge is 0.221 e. The fourth-order valence-corrected chi connectivity index (χ4v) is 4.30. The zero-order chi connectivity index (χ0) is 17.6. The third-order valence-electron chi connectivity index (χ3n) is 3.39. The van der Waals surface area contributed by atoms with Crippen molar-refractivity contribution in [3.8, 4) is 0 Å². The number of carbonyl (C=O) groups is 1. The van der Waals surface area contributed by atoms with Crippen LogP contribution in [0, 0.1) is 0 Å². The quantitative estimate of drug-likeness (QED) is 0.591. The lowest BCUT2D eigenvalue weighted by molar-refractivity contribution is -0.114. The molecule has 1 atom stereocenters. The highest BCUT2D eigenvalue weighted by Crippen LogP contribution is 2.37. The minimum absolute atomic E-state index is 0.0957. The van der Waals surface area contributed by atoms with Crippen LogP contribution in [0.3, 0.4) is 0 Å². The van der Waals surface area contributed by atoms with Crippen molar-refractivity contribution in [2.75, 3.05) is 10.6 Å². The van der Waals surface area contributed by atoms with Gasteiger partial charge in [-0.2, -0.15) is 0 Å². The van der Waals surface area contributed by atoms with E-state index >= 15 is 0 Å². The van der Waals surface area contributed by atoms with E-state index in [9.17, 15) is 4.79 Å². The van der Waals surface area contributed by atoms with Crippen molar-refractivity contribution in [3.05, 3.63) is 60.2 Å². The van der Waals surface area contributed by atoms with Crippen molar-refractivity contribution in [3.63, 3.8) is 0 Å². The second-order valence-corrected chi connectivity index (χ2v) is 8.00. The Balaban J connectivity index is 1.65. The van der Waals surface area contributed by atoms with Gasteiger partial charge in [-0.1, -0.05) is 59.5 Å². The van der Waals surface area contributed by atoms with Gasteiger partial charge in [0.1, 0.15) is 0 Å².